The summed E-state index contributed by atoms with van der Waals surface area (Å²) in [4.78, 5) is 23.1. The molecule has 0 rings (SSSR count). The highest BCUT2D eigenvalue weighted by atomic mass is 16.5. The van der Waals surface area contributed by atoms with Crippen molar-refractivity contribution in [1.29, 1.82) is 0 Å². The molecule has 0 aromatic carbocycles. The molecule has 0 bridgehead atoms. The van der Waals surface area contributed by atoms with Crippen molar-refractivity contribution in [3.05, 3.63) is 0 Å². The first-order valence-corrected chi connectivity index (χ1v) is 7.21. The highest BCUT2D eigenvalue weighted by Crippen LogP contribution is 2.16. The Labute approximate surface area is 116 Å². The molecule has 2 atom stereocenters. The molecule has 0 aliphatic carbocycles. The fraction of sp³-hybridized carbons (Fsp3) is 0.857. The van der Waals surface area contributed by atoms with Gasteiger partial charge in [-0.25, -0.2) is 4.79 Å². The van der Waals surface area contributed by atoms with Crippen molar-refractivity contribution in [3.8, 4) is 0 Å². The van der Waals surface area contributed by atoms with E-state index >= 15 is 0 Å². The maximum absolute atomic E-state index is 11.7. The number of rotatable bonds is 10. The summed E-state index contributed by atoms with van der Waals surface area (Å²) < 4.78 is 4.84. The van der Waals surface area contributed by atoms with Crippen LogP contribution in [0.15, 0.2) is 0 Å². The van der Waals surface area contributed by atoms with Crippen LogP contribution in [-0.4, -0.2) is 31.1 Å². The SMILES string of the molecule is CCCC(CCN)CCC(=O)NC(C)C(=O)OCC. The quantitative estimate of drug-likeness (QED) is 0.592. The third kappa shape index (κ3) is 8.59. The second-order valence-corrected chi connectivity index (χ2v) is 4.81. The van der Waals surface area contributed by atoms with E-state index in [1.54, 1.807) is 13.8 Å². The Morgan fingerprint density at radius 3 is 2.42 bits per heavy atom. The van der Waals surface area contributed by atoms with Crippen molar-refractivity contribution < 1.29 is 14.3 Å². The molecule has 0 aromatic heterocycles. The van der Waals surface area contributed by atoms with Crippen LogP contribution < -0.4 is 11.1 Å². The van der Waals surface area contributed by atoms with E-state index in [9.17, 15) is 9.59 Å². The molecule has 5 heteroatoms. The Balaban J connectivity index is 3.98. The van der Waals surface area contributed by atoms with Crippen LogP contribution in [0.4, 0.5) is 0 Å². The van der Waals surface area contributed by atoms with Crippen LogP contribution in [-0.2, 0) is 14.3 Å². The molecule has 0 aliphatic heterocycles. The first kappa shape index (κ1) is 17.9. The van der Waals surface area contributed by atoms with Gasteiger partial charge in [-0.3, -0.25) is 4.79 Å². The minimum atomic E-state index is -0.577. The zero-order valence-corrected chi connectivity index (χ0v) is 12.4. The third-order valence-electron chi connectivity index (χ3n) is 3.07. The van der Waals surface area contributed by atoms with Crippen molar-refractivity contribution in [3.63, 3.8) is 0 Å². The van der Waals surface area contributed by atoms with Crippen molar-refractivity contribution in [2.45, 2.75) is 58.9 Å². The van der Waals surface area contributed by atoms with Crippen LogP contribution in [0.2, 0.25) is 0 Å². The van der Waals surface area contributed by atoms with Crippen LogP contribution in [0.1, 0.15) is 52.9 Å². The molecule has 0 aliphatic rings. The number of nitrogens with two attached hydrogens (primary N) is 1. The number of amides is 1. The molecule has 1 amide bonds. The van der Waals surface area contributed by atoms with Gasteiger partial charge in [-0.1, -0.05) is 19.8 Å². The van der Waals surface area contributed by atoms with Gasteiger partial charge in [0.25, 0.3) is 0 Å². The predicted octanol–water partition coefficient (Wildman–Crippen LogP) is 1.60. The maximum atomic E-state index is 11.7. The van der Waals surface area contributed by atoms with E-state index in [1.165, 1.54) is 0 Å². The van der Waals surface area contributed by atoms with Crippen molar-refractivity contribution >= 4 is 11.9 Å². The molecule has 0 radical (unpaired) electrons. The summed E-state index contributed by atoms with van der Waals surface area (Å²) in [6.45, 7) is 6.50. The number of nitrogens with one attached hydrogen (secondary N) is 1. The monoisotopic (exact) mass is 272 g/mol. The van der Waals surface area contributed by atoms with Crippen LogP contribution in [0.5, 0.6) is 0 Å². The Hall–Kier alpha value is -1.10. The molecule has 112 valence electrons. The molecule has 0 aromatic rings. The Kier molecular flexibility index (Phi) is 10.2. The largest absolute Gasteiger partial charge is 0.464 e. The molecule has 0 spiro atoms. The van der Waals surface area contributed by atoms with Gasteiger partial charge in [0, 0.05) is 6.42 Å². The summed E-state index contributed by atoms with van der Waals surface area (Å²) in [5.74, 6) is 0.0141. The minimum absolute atomic E-state index is 0.0984. The van der Waals surface area contributed by atoms with Crippen LogP contribution in [0.25, 0.3) is 0 Å². The number of ether oxygens (including phenoxy) is 1. The number of esters is 1. The van der Waals surface area contributed by atoms with Crippen molar-refractivity contribution in [2.75, 3.05) is 13.2 Å². The molecule has 5 nitrogen and oxygen atoms in total. The zero-order valence-electron chi connectivity index (χ0n) is 12.4. The second kappa shape index (κ2) is 10.8. The topological polar surface area (TPSA) is 81.4 Å². The van der Waals surface area contributed by atoms with Gasteiger partial charge in [-0.2, -0.15) is 0 Å². The van der Waals surface area contributed by atoms with Gasteiger partial charge >= 0.3 is 5.97 Å². The van der Waals surface area contributed by atoms with E-state index < -0.39 is 6.04 Å². The number of carbonyl (C=O) groups excluding carboxylic acids is 2. The summed E-state index contributed by atoms with van der Waals surface area (Å²) >= 11 is 0. The second-order valence-electron chi connectivity index (χ2n) is 4.81. The molecule has 19 heavy (non-hydrogen) atoms. The number of hydrogen-bond acceptors (Lipinski definition) is 4. The van der Waals surface area contributed by atoms with Gasteiger partial charge in [-0.05, 0) is 39.2 Å². The van der Waals surface area contributed by atoms with E-state index in [0.29, 0.717) is 25.5 Å². The normalized spacial score (nSPS) is 13.7. The molecule has 0 fully saturated rings. The average molecular weight is 272 g/mol. The van der Waals surface area contributed by atoms with Gasteiger partial charge < -0.3 is 15.8 Å². The lowest BCUT2D eigenvalue weighted by atomic mass is 9.94. The molecule has 3 N–H and O–H groups in total. The summed E-state index contributed by atoms with van der Waals surface area (Å²) in [6.07, 6.45) is 4.42. The van der Waals surface area contributed by atoms with Gasteiger partial charge in [0.2, 0.25) is 5.91 Å². The summed E-state index contributed by atoms with van der Waals surface area (Å²) in [7, 11) is 0. The number of carbonyl (C=O) groups is 2. The molecular formula is C14H28N2O3. The van der Waals surface area contributed by atoms with Crippen molar-refractivity contribution in [2.24, 2.45) is 11.7 Å². The van der Waals surface area contributed by atoms with E-state index in [0.717, 1.165) is 25.7 Å². The lowest BCUT2D eigenvalue weighted by Gasteiger charge is -2.16. The van der Waals surface area contributed by atoms with Gasteiger partial charge in [0.05, 0.1) is 6.61 Å². The fourth-order valence-electron chi connectivity index (χ4n) is 2.05. The first-order chi connectivity index (χ1) is 9.04. The molecule has 0 saturated carbocycles. The Bertz CT molecular complexity index is 263. The highest BCUT2D eigenvalue weighted by Gasteiger charge is 2.17. The smallest absolute Gasteiger partial charge is 0.328 e. The lowest BCUT2D eigenvalue weighted by Crippen LogP contribution is -2.39. The minimum Gasteiger partial charge on any atom is -0.464 e. The van der Waals surface area contributed by atoms with Gasteiger partial charge in [0.1, 0.15) is 6.04 Å². The predicted molar refractivity (Wildman–Crippen MR) is 75.5 cm³/mol. The summed E-state index contributed by atoms with van der Waals surface area (Å²) in [6, 6.07) is -0.577. The standard InChI is InChI=1S/C14H28N2O3/c1-4-6-12(9-10-15)7-8-13(17)16-11(3)14(18)19-5-2/h11-12H,4-10,15H2,1-3H3,(H,16,17). The third-order valence-corrected chi connectivity index (χ3v) is 3.07. The fourth-order valence-corrected chi connectivity index (χ4v) is 2.05. The first-order valence-electron chi connectivity index (χ1n) is 7.21. The lowest BCUT2D eigenvalue weighted by molar-refractivity contribution is -0.146. The maximum Gasteiger partial charge on any atom is 0.328 e. The Morgan fingerprint density at radius 2 is 1.89 bits per heavy atom. The number of hydrogen-bond donors (Lipinski definition) is 2. The van der Waals surface area contributed by atoms with Gasteiger partial charge in [-0.15, -0.1) is 0 Å². The van der Waals surface area contributed by atoms with Crippen LogP contribution >= 0.6 is 0 Å². The van der Waals surface area contributed by atoms with E-state index in [4.69, 9.17) is 10.5 Å². The van der Waals surface area contributed by atoms with Crippen molar-refractivity contribution in [1.82, 2.24) is 5.32 Å². The molecule has 0 heterocycles. The van der Waals surface area contributed by atoms with Crippen LogP contribution in [0.3, 0.4) is 0 Å². The molecular weight excluding hydrogens is 244 g/mol. The van der Waals surface area contributed by atoms with Gasteiger partial charge in [0.15, 0.2) is 0 Å². The Morgan fingerprint density at radius 1 is 1.21 bits per heavy atom. The molecule has 2 unspecified atom stereocenters. The summed E-state index contributed by atoms with van der Waals surface area (Å²) in [5, 5.41) is 2.66. The van der Waals surface area contributed by atoms with E-state index in [2.05, 4.69) is 12.2 Å². The zero-order chi connectivity index (χ0) is 14.7. The van der Waals surface area contributed by atoms with Crippen LogP contribution in [0, 0.1) is 5.92 Å². The van der Waals surface area contributed by atoms with E-state index in [1.807, 2.05) is 0 Å². The average Bonchev–Trinajstić information content (AvgIpc) is 2.36. The summed E-state index contributed by atoms with van der Waals surface area (Å²) in [5.41, 5.74) is 5.56. The highest BCUT2D eigenvalue weighted by molar-refractivity contribution is 5.84. The van der Waals surface area contributed by atoms with E-state index in [-0.39, 0.29) is 11.9 Å². The molecule has 0 saturated heterocycles.